The highest BCUT2D eigenvalue weighted by Gasteiger charge is 1.98. The van der Waals surface area contributed by atoms with E-state index in [4.69, 9.17) is 22.2 Å². The van der Waals surface area contributed by atoms with E-state index < -0.39 is 7.58 Å². The van der Waals surface area contributed by atoms with Gasteiger partial charge in [0.2, 0.25) is 0 Å². The summed E-state index contributed by atoms with van der Waals surface area (Å²) in [6.45, 7) is 0. The van der Waals surface area contributed by atoms with Crippen LogP contribution in [0.4, 0.5) is 5.69 Å². The lowest BCUT2D eigenvalue weighted by Gasteiger charge is -2.02. The molecule has 0 aliphatic heterocycles. The van der Waals surface area contributed by atoms with E-state index in [2.05, 4.69) is 4.98 Å². The lowest BCUT2D eigenvalue weighted by molar-refractivity contribution is 1.67. The SMILES string of the molecule is Cl[SiH](Cl)Nc1ccccc1. The van der Waals surface area contributed by atoms with Crippen molar-refractivity contribution in [3.8, 4) is 0 Å². The van der Waals surface area contributed by atoms with Crippen LogP contribution in [-0.4, -0.2) is 7.58 Å². The fourth-order valence-corrected chi connectivity index (χ4v) is 1.86. The van der Waals surface area contributed by atoms with Gasteiger partial charge in [-0.15, -0.1) is 22.2 Å². The normalized spacial score (nSPS) is 9.90. The third kappa shape index (κ3) is 2.60. The molecule has 10 heavy (non-hydrogen) atoms. The van der Waals surface area contributed by atoms with Crippen molar-refractivity contribution in [2.24, 2.45) is 0 Å². The Bertz CT molecular complexity index is 190. The fourth-order valence-electron chi connectivity index (χ4n) is 0.660. The van der Waals surface area contributed by atoms with Gasteiger partial charge in [-0.05, 0) is 12.1 Å². The van der Waals surface area contributed by atoms with Crippen molar-refractivity contribution < 1.29 is 0 Å². The molecule has 0 aliphatic rings. The second-order valence-electron chi connectivity index (χ2n) is 1.81. The minimum Gasteiger partial charge on any atom is -0.390 e. The van der Waals surface area contributed by atoms with Gasteiger partial charge in [0.25, 0.3) is 0 Å². The van der Waals surface area contributed by atoms with Crippen LogP contribution >= 0.6 is 22.2 Å². The van der Waals surface area contributed by atoms with Gasteiger partial charge in [0.15, 0.2) is 0 Å². The molecule has 0 bridgehead atoms. The lowest BCUT2D eigenvalue weighted by atomic mass is 10.3. The minimum absolute atomic E-state index is 0.990. The summed E-state index contributed by atoms with van der Waals surface area (Å²) in [5.74, 6) is 0. The number of nitrogens with one attached hydrogen (secondary N) is 1. The number of para-hydroxylation sites is 1. The Balaban J connectivity index is 2.59. The molecular weight excluding hydrogens is 185 g/mol. The van der Waals surface area contributed by atoms with Gasteiger partial charge < -0.3 is 4.98 Å². The van der Waals surface area contributed by atoms with Crippen LogP contribution in [0, 0.1) is 0 Å². The number of hydrogen-bond acceptors (Lipinski definition) is 1. The van der Waals surface area contributed by atoms with E-state index in [0.717, 1.165) is 5.69 Å². The highest BCUT2D eigenvalue weighted by molar-refractivity contribution is 7.35. The van der Waals surface area contributed by atoms with Gasteiger partial charge in [-0.25, -0.2) is 0 Å². The van der Waals surface area contributed by atoms with Gasteiger partial charge in [0.1, 0.15) is 0 Å². The maximum absolute atomic E-state index is 5.61. The van der Waals surface area contributed by atoms with E-state index in [9.17, 15) is 0 Å². The molecule has 0 aliphatic carbocycles. The van der Waals surface area contributed by atoms with Gasteiger partial charge in [0, 0.05) is 5.69 Å². The zero-order valence-corrected chi connectivity index (χ0v) is 7.89. The van der Waals surface area contributed by atoms with Crippen LogP contribution in [-0.2, 0) is 0 Å². The maximum atomic E-state index is 5.61. The van der Waals surface area contributed by atoms with Crippen LogP contribution < -0.4 is 4.98 Å². The average molecular weight is 192 g/mol. The first-order valence-electron chi connectivity index (χ1n) is 2.89. The first-order chi connectivity index (χ1) is 4.79. The van der Waals surface area contributed by atoms with Crippen LogP contribution in [0.3, 0.4) is 0 Å². The number of anilines is 1. The molecule has 0 amide bonds. The Morgan fingerprint density at radius 2 is 1.70 bits per heavy atom. The van der Waals surface area contributed by atoms with Gasteiger partial charge in [-0.1, -0.05) is 18.2 Å². The molecule has 1 nitrogen and oxygen atoms in total. The van der Waals surface area contributed by atoms with Crippen molar-refractivity contribution >= 4 is 35.4 Å². The molecule has 0 saturated carbocycles. The third-order valence-corrected chi connectivity index (χ3v) is 2.26. The molecule has 0 atom stereocenters. The smallest absolute Gasteiger partial charge is 0.334 e. The molecule has 0 unspecified atom stereocenters. The van der Waals surface area contributed by atoms with Gasteiger partial charge in [-0.3, -0.25) is 0 Å². The molecule has 1 aromatic carbocycles. The standard InChI is InChI=1S/C6H7Cl2NSi/c7-10(8)9-6-4-2-1-3-5-6/h1-5,9-10H. The summed E-state index contributed by atoms with van der Waals surface area (Å²) in [5, 5.41) is 0. The van der Waals surface area contributed by atoms with Gasteiger partial charge in [-0.2, -0.15) is 0 Å². The Hall–Kier alpha value is -0.183. The monoisotopic (exact) mass is 191 g/mol. The van der Waals surface area contributed by atoms with Crippen molar-refractivity contribution in [2.75, 3.05) is 4.98 Å². The van der Waals surface area contributed by atoms with E-state index in [-0.39, 0.29) is 0 Å². The Morgan fingerprint density at radius 1 is 1.10 bits per heavy atom. The Labute approximate surface area is 71.1 Å². The van der Waals surface area contributed by atoms with Crippen LogP contribution in [0.15, 0.2) is 30.3 Å². The van der Waals surface area contributed by atoms with Crippen LogP contribution in [0.1, 0.15) is 0 Å². The number of hydrogen-bond donors (Lipinski definition) is 1. The Morgan fingerprint density at radius 3 is 2.20 bits per heavy atom. The van der Waals surface area contributed by atoms with E-state index in [1.807, 2.05) is 30.3 Å². The van der Waals surface area contributed by atoms with Crippen molar-refractivity contribution in [1.29, 1.82) is 0 Å². The predicted molar refractivity (Wildman–Crippen MR) is 48.9 cm³/mol. The average Bonchev–Trinajstić information content (AvgIpc) is 1.88. The molecule has 0 radical (unpaired) electrons. The van der Waals surface area contributed by atoms with E-state index in [0.29, 0.717) is 0 Å². The molecule has 1 N–H and O–H groups in total. The molecule has 0 fully saturated rings. The molecule has 0 saturated heterocycles. The van der Waals surface area contributed by atoms with Gasteiger partial charge >= 0.3 is 7.58 Å². The number of halogens is 2. The summed E-state index contributed by atoms with van der Waals surface area (Å²) in [6.07, 6.45) is 0. The summed E-state index contributed by atoms with van der Waals surface area (Å²) in [6, 6.07) is 9.69. The summed E-state index contributed by atoms with van der Waals surface area (Å²) in [7, 11) is -1.70. The van der Waals surface area contributed by atoms with Crippen molar-refractivity contribution in [3.05, 3.63) is 30.3 Å². The topological polar surface area (TPSA) is 12.0 Å². The number of benzene rings is 1. The van der Waals surface area contributed by atoms with Crippen molar-refractivity contribution in [2.45, 2.75) is 0 Å². The zero-order valence-electron chi connectivity index (χ0n) is 5.22. The first kappa shape index (κ1) is 7.92. The first-order valence-corrected chi connectivity index (χ1v) is 6.95. The molecule has 1 rings (SSSR count). The zero-order chi connectivity index (χ0) is 7.40. The summed E-state index contributed by atoms with van der Waals surface area (Å²) in [5.41, 5.74) is 0.990. The number of rotatable bonds is 2. The second-order valence-corrected chi connectivity index (χ2v) is 5.99. The Kier molecular flexibility index (Phi) is 3.06. The predicted octanol–water partition coefficient (Wildman–Crippen LogP) is 2.29. The van der Waals surface area contributed by atoms with Crippen LogP contribution in [0.25, 0.3) is 0 Å². The van der Waals surface area contributed by atoms with E-state index >= 15 is 0 Å². The van der Waals surface area contributed by atoms with Crippen molar-refractivity contribution in [1.82, 2.24) is 0 Å². The third-order valence-electron chi connectivity index (χ3n) is 1.05. The second kappa shape index (κ2) is 3.86. The molecule has 1 aromatic rings. The van der Waals surface area contributed by atoms with E-state index in [1.54, 1.807) is 0 Å². The van der Waals surface area contributed by atoms with Crippen LogP contribution in [0.5, 0.6) is 0 Å². The highest BCUT2D eigenvalue weighted by Crippen LogP contribution is 2.08. The van der Waals surface area contributed by atoms with Crippen molar-refractivity contribution in [3.63, 3.8) is 0 Å². The molecule has 0 heterocycles. The summed E-state index contributed by atoms with van der Waals surface area (Å²) in [4.78, 5) is 2.97. The molecule has 4 heteroatoms. The quantitative estimate of drug-likeness (QED) is 0.560. The maximum Gasteiger partial charge on any atom is 0.334 e. The van der Waals surface area contributed by atoms with Gasteiger partial charge in [0.05, 0.1) is 0 Å². The molecule has 0 aromatic heterocycles. The summed E-state index contributed by atoms with van der Waals surface area (Å²) < 4.78 is 0. The fraction of sp³-hybridized carbons (Fsp3) is 0. The van der Waals surface area contributed by atoms with E-state index in [1.165, 1.54) is 0 Å². The minimum atomic E-state index is -1.70. The van der Waals surface area contributed by atoms with Crippen LogP contribution in [0.2, 0.25) is 0 Å². The highest BCUT2D eigenvalue weighted by atomic mass is 35.7. The largest absolute Gasteiger partial charge is 0.390 e. The molecular formula is C6H7Cl2NSi. The lowest BCUT2D eigenvalue weighted by Crippen LogP contribution is -2.08. The molecule has 54 valence electrons. The summed E-state index contributed by atoms with van der Waals surface area (Å²) >= 11 is 11.2. The molecule has 0 spiro atoms.